The molecular formula is C9H12BrNO2. The Bertz CT molecular complexity index is 346. The van der Waals surface area contributed by atoms with Gasteiger partial charge in [0.05, 0.1) is 0 Å². The quantitative estimate of drug-likeness (QED) is 0.873. The number of rotatable bonds is 3. The number of nitrogens with zero attached hydrogens (tertiary/aromatic N) is 1. The van der Waals surface area contributed by atoms with Crippen molar-refractivity contribution in [3.8, 4) is 0 Å². The molecule has 0 spiro atoms. The zero-order valence-electron chi connectivity index (χ0n) is 7.46. The Morgan fingerprint density at radius 1 is 1.62 bits per heavy atom. The first-order valence-electron chi connectivity index (χ1n) is 4.12. The maximum absolute atomic E-state index is 11.5. The second-order valence-electron chi connectivity index (χ2n) is 2.92. The summed E-state index contributed by atoms with van der Waals surface area (Å²) in [6.07, 6.45) is 2.35. The van der Waals surface area contributed by atoms with Gasteiger partial charge in [-0.3, -0.25) is 4.79 Å². The summed E-state index contributed by atoms with van der Waals surface area (Å²) in [5, 5.41) is 8.63. The predicted octanol–water partition coefficient (Wildman–Crippen LogP) is 1.30. The van der Waals surface area contributed by atoms with Gasteiger partial charge in [-0.1, -0.05) is 0 Å². The van der Waals surface area contributed by atoms with E-state index in [0.717, 1.165) is 4.47 Å². The molecule has 0 radical (unpaired) electrons. The van der Waals surface area contributed by atoms with Crippen LogP contribution in [0.1, 0.15) is 12.0 Å². The first-order chi connectivity index (χ1) is 6.15. The molecule has 1 aromatic rings. The van der Waals surface area contributed by atoms with Gasteiger partial charge in [0.1, 0.15) is 0 Å². The molecule has 72 valence electrons. The molecule has 13 heavy (non-hydrogen) atoms. The molecule has 1 aromatic heterocycles. The van der Waals surface area contributed by atoms with Crippen molar-refractivity contribution in [2.45, 2.75) is 19.9 Å². The molecular weight excluding hydrogens is 234 g/mol. The van der Waals surface area contributed by atoms with Crippen molar-refractivity contribution in [1.29, 1.82) is 0 Å². The largest absolute Gasteiger partial charge is 0.396 e. The molecule has 1 heterocycles. The summed E-state index contributed by atoms with van der Waals surface area (Å²) in [6.45, 7) is 2.45. The lowest BCUT2D eigenvalue weighted by Gasteiger charge is -2.05. The summed E-state index contributed by atoms with van der Waals surface area (Å²) in [5.41, 5.74) is 0.726. The van der Waals surface area contributed by atoms with Crippen LogP contribution in [0.2, 0.25) is 0 Å². The van der Waals surface area contributed by atoms with Gasteiger partial charge < -0.3 is 9.67 Å². The van der Waals surface area contributed by atoms with Gasteiger partial charge in [-0.2, -0.15) is 0 Å². The lowest BCUT2D eigenvalue weighted by Crippen LogP contribution is -2.22. The molecule has 0 aliphatic heterocycles. The number of aliphatic hydroxyl groups excluding tert-OH is 1. The van der Waals surface area contributed by atoms with E-state index in [0.29, 0.717) is 18.5 Å². The van der Waals surface area contributed by atoms with Gasteiger partial charge in [-0.15, -0.1) is 0 Å². The summed E-state index contributed by atoms with van der Waals surface area (Å²) < 4.78 is 2.50. The van der Waals surface area contributed by atoms with E-state index in [1.807, 2.05) is 0 Å². The summed E-state index contributed by atoms with van der Waals surface area (Å²) in [5.74, 6) is 0. The third-order valence-corrected chi connectivity index (χ3v) is 2.22. The maximum atomic E-state index is 11.5. The molecule has 0 fully saturated rings. The van der Waals surface area contributed by atoms with E-state index in [-0.39, 0.29) is 12.2 Å². The van der Waals surface area contributed by atoms with E-state index in [1.165, 1.54) is 0 Å². The van der Waals surface area contributed by atoms with Crippen LogP contribution in [0.15, 0.2) is 21.5 Å². The van der Waals surface area contributed by atoms with Crippen molar-refractivity contribution in [3.63, 3.8) is 0 Å². The fraction of sp³-hybridized carbons (Fsp3) is 0.444. The van der Waals surface area contributed by atoms with E-state index in [4.69, 9.17) is 5.11 Å². The minimum atomic E-state index is 0.0108. The minimum Gasteiger partial charge on any atom is -0.396 e. The number of pyridine rings is 1. The van der Waals surface area contributed by atoms with Crippen molar-refractivity contribution >= 4 is 15.9 Å². The monoisotopic (exact) mass is 245 g/mol. The molecule has 0 saturated carbocycles. The van der Waals surface area contributed by atoms with Crippen LogP contribution in [0.3, 0.4) is 0 Å². The molecule has 1 rings (SSSR count). The van der Waals surface area contributed by atoms with Crippen molar-refractivity contribution < 1.29 is 5.11 Å². The predicted molar refractivity (Wildman–Crippen MR) is 54.8 cm³/mol. The van der Waals surface area contributed by atoms with Crippen LogP contribution in [0.25, 0.3) is 0 Å². The minimum absolute atomic E-state index is 0.0108. The average molecular weight is 246 g/mol. The van der Waals surface area contributed by atoms with E-state index in [9.17, 15) is 4.79 Å². The van der Waals surface area contributed by atoms with Crippen molar-refractivity contribution in [3.05, 3.63) is 32.7 Å². The van der Waals surface area contributed by atoms with E-state index < -0.39 is 0 Å². The Morgan fingerprint density at radius 3 is 2.92 bits per heavy atom. The molecule has 3 nitrogen and oxygen atoms in total. The van der Waals surface area contributed by atoms with Gasteiger partial charge in [0, 0.05) is 29.4 Å². The fourth-order valence-electron chi connectivity index (χ4n) is 1.15. The van der Waals surface area contributed by atoms with Gasteiger partial charge in [0.25, 0.3) is 5.56 Å². The van der Waals surface area contributed by atoms with Crippen LogP contribution in [0, 0.1) is 6.92 Å². The smallest absolute Gasteiger partial charge is 0.253 e. The number of hydrogen-bond donors (Lipinski definition) is 1. The molecule has 0 saturated heterocycles. The lowest BCUT2D eigenvalue weighted by molar-refractivity contribution is 0.279. The van der Waals surface area contributed by atoms with Crippen LogP contribution in [-0.4, -0.2) is 16.3 Å². The first-order valence-corrected chi connectivity index (χ1v) is 4.92. The number of aryl methyl sites for hydroxylation is 2. The Labute approximate surface area is 85.1 Å². The molecule has 0 bridgehead atoms. The highest BCUT2D eigenvalue weighted by Crippen LogP contribution is 2.08. The summed E-state index contributed by atoms with van der Waals surface area (Å²) in [6, 6.07) is 1.79. The van der Waals surface area contributed by atoms with Crippen molar-refractivity contribution in [2.24, 2.45) is 0 Å². The third kappa shape index (κ3) is 2.67. The second-order valence-corrected chi connectivity index (χ2v) is 3.83. The molecule has 1 N–H and O–H groups in total. The average Bonchev–Trinajstić information content (AvgIpc) is 2.09. The summed E-state index contributed by atoms with van der Waals surface area (Å²) >= 11 is 3.32. The topological polar surface area (TPSA) is 42.2 Å². The number of aliphatic hydroxyl groups is 1. The van der Waals surface area contributed by atoms with E-state index >= 15 is 0 Å². The van der Waals surface area contributed by atoms with Crippen LogP contribution in [-0.2, 0) is 6.54 Å². The highest BCUT2D eigenvalue weighted by Gasteiger charge is 2.00. The van der Waals surface area contributed by atoms with Crippen LogP contribution in [0.5, 0.6) is 0 Å². The highest BCUT2D eigenvalue weighted by molar-refractivity contribution is 9.10. The highest BCUT2D eigenvalue weighted by atomic mass is 79.9. The molecule has 4 heteroatoms. The molecule has 0 atom stereocenters. The van der Waals surface area contributed by atoms with Crippen LogP contribution < -0.4 is 5.56 Å². The first kappa shape index (κ1) is 10.5. The van der Waals surface area contributed by atoms with E-state index in [2.05, 4.69) is 15.9 Å². The molecule has 0 amide bonds. The Kier molecular flexibility index (Phi) is 3.69. The van der Waals surface area contributed by atoms with Gasteiger partial charge in [0.15, 0.2) is 0 Å². The summed E-state index contributed by atoms with van der Waals surface area (Å²) in [4.78, 5) is 11.5. The molecule has 0 unspecified atom stereocenters. The number of aromatic nitrogens is 1. The van der Waals surface area contributed by atoms with Gasteiger partial charge in [-0.25, -0.2) is 0 Å². The Morgan fingerprint density at radius 2 is 2.31 bits per heavy atom. The Hall–Kier alpha value is -0.610. The van der Waals surface area contributed by atoms with Crippen LogP contribution >= 0.6 is 15.9 Å². The second kappa shape index (κ2) is 4.58. The number of hydrogen-bond acceptors (Lipinski definition) is 2. The zero-order valence-corrected chi connectivity index (χ0v) is 9.04. The molecule has 0 aromatic carbocycles. The number of halogens is 1. The lowest BCUT2D eigenvalue weighted by atomic mass is 10.3. The Balaban J connectivity index is 2.99. The summed E-state index contributed by atoms with van der Waals surface area (Å²) in [7, 11) is 0. The van der Waals surface area contributed by atoms with Crippen molar-refractivity contribution in [2.75, 3.05) is 6.61 Å². The standard InChI is InChI=1S/C9H12BrNO2/c1-7-5-8(10)6-11(9(7)13)3-2-4-12/h5-6,12H,2-4H2,1H3. The van der Waals surface area contributed by atoms with E-state index in [1.54, 1.807) is 23.8 Å². The maximum Gasteiger partial charge on any atom is 0.253 e. The van der Waals surface area contributed by atoms with Gasteiger partial charge >= 0.3 is 0 Å². The molecule has 0 aliphatic carbocycles. The van der Waals surface area contributed by atoms with Crippen molar-refractivity contribution in [1.82, 2.24) is 4.57 Å². The van der Waals surface area contributed by atoms with Gasteiger partial charge in [0.2, 0.25) is 0 Å². The normalized spacial score (nSPS) is 10.4. The van der Waals surface area contributed by atoms with Crippen LogP contribution in [0.4, 0.5) is 0 Å². The van der Waals surface area contributed by atoms with Gasteiger partial charge in [-0.05, 0) is 35.3 Å². The zero-order chi connectivity index (χ0) is 9.84. The fourth-order valence-corrected chi connectivity index (χ4v) is 1.74. The third-order valence-electron chi connectivity index (χ3n) is 1.79. The SMILES string of the molecule is Cc1cc(Br)cn(CCCO)c1=O. The molecule has 0 aliphatic rings.